The monoisotopic (exact) mass is 275 g/mol. The first kappa shape index (κ1) is 15.3. The molecule has 0 saturated heterocycles. The standard InChI is InChI=1S/C12H15F2NO4/c13-11(14)9(16)7-15-5-6-19-10-4-2-1-3-8(10)12(17)18/h1-4,9,11,15-16H,5-7H2,(H,17,18). The van der Waals surface area contributed by atoms with Crippen LogP contribution in [0.2, 0.25) is 0 Å². The first-order valence-corrected chi connectivity index (χ1v) is 5.64. The van der Waals surface area contributed by atoms with Crippen molar-refractivity contribution in [2.45, 2.75) is 12.5 Å². The topological polar surface area (TPSA) is 78.8 Å². The van der Waals surface area contributed by atoms with Gasteiger partial charge in [0.15, 0.2) is 0 Å². The Morgan fingerprint density at radius 1 is 1.37 bits per heavy atom. The van der Waals surface area contributed by atoms with Gasteiger partial charge in [-0.2, -0.15) is 0 Å². The van der Waals surface area contributed by atoms with Crippen molar-refractivity contribution < 1.29 is 28.5 Å². The summed E-state index contributed by atoms with van der Waals surface area (Å²) in [7, 11) is 0. The van der Waals surface area contributed by atoms with Crippen molar-refractivity contribution in [1.82, 2.24) is 5.32 Å². The third kappa shape index (κ3) is 5.19. The fourth-order valence-corrected chi connectivity index (χ4v) is 1.34. The minimum atomic E-state index is -2.79. The number of hydrogen-bond acceptors (Lipinski definition) is 4. The number of carboxylic acid groups (broad SMARTS) is 1. The molecule has 0 saturated carbocycles. The number of rotatable bonds is 8. The van der Waals surface area contributed by atoms with Crippen LogP contribution < -0.4 is 10.1 Å². The Morgan fingerprint density at radius 2 is 2.05 bits per heavy atom. The number of ether oxygens (including phenoxy) is 1. The summed E-state index contributed by atoms with van der Waals surface area (Å²) in [5.74, 6) is -0.886. The summed E-state index contributed by atoms with van der Waals surface area (Å²) in [6.45, 7) is 0.0829. The fraction of sp³-hybridized carbons (Fsp3) is 0.417. The Labute approximate surface area is 108 Å². The number of benzene rings is 1. The van der Waals surface area contributed by atoms with E-state index < -0.39 is 18.5 Å². The highest BCUT2D eigenvalue weighted by atomic mass is 19.3. The van der Waals surface area contributed by atoms with E-state index >= 15 is 0 Å². The Hall–Kier alpha value is -1.73. The summed E-state index contributed by atoms with van der Waals surface area (Å²) in [5, 5.41) is 20.3. The molecule has 106 valence electrons. The van der Waals surface area contributed by atoms with Crippen LogP contribution in [0.15, 0.2) is 24.3 Å². The highest BCUT2D eigenvalue weighted by Crippen LogP contribution is 2.17. The van der Waals surface area contributed by atoms with E-state index in [1.165, 1.54) is 12.1 Å². The zero-order valence-corrected chi connectivity index (χ0v) is 10.1. The molecule has 1 aromatic rings. The van der Waals surface area contributed by atoms with Crippen molar-refractivity contribution >= 4 is 5.97 Å². The van der Waals surface area contributed by atoms with Crippen LogP contribution >= 0.6 is 0 Å². The molecule has 7 heteroatoms. The van der Waals surface area contributed by atoms with Gasteiger partial charge < -0.3 is 20.3 Å². The summed E-state index contributed by atoms with van der Waals surface area (Å²) < 4.78 is 29.1. The van der Waals surface area contributed by atoms with Crippen molar-refractivity contribution in [2.24, 2.45) is 0 Å². The van der Waals surface area contributed by atoms with Gasteiger partial charge in [0.1, 0.15) is 24.0 Å². The predicted molar refractivity (Wildman–Crippen MR) is 63.8 cm³/mol. The van der Waals surface area contributed by atoms with Gasteiger partial charge in [-0.05, 0) is 12.1 Å². The second-order valence-electron chi connectivity index (χ2n) is 3.76. The number of aliphatic hydroxyl groups is 1. The average molecular weight is 275 g/mol. The Balaban J connectivity index is 2.32. The van der Waals surface area contributed by atoms with Gasteiger partial charge >= 0.3 is 5.97 Å². The van der Waals surface area contributed by atoms with E-state index in [4.69, 9.17) is 14.9 Å². The minimum absolute atomic E-state index is 0.0371. The van der Waals surface area contributed by atoms with Gasteiger partial charge in [0.2, 0.25) is 0 Å². The maximum absolute atomic E-state index is 12.0. The Morgan fingerprint density at radius 3 is 2.68 bits per heavy atom. The second kappa shape index (κ2) is 7.65. The summed E-state index contributed by atoms with van der Waals surface area (Å²) in [4.78, 5) is 10.9. The van der Waals surface area contributed by atoms with Crippen LogP contribution in [0, 0.1) is 0 Å². The molecular formula is C12H15F2NO4. The summed E-state index contributed by atoms with van der Waals surface area (Å²) in [5.41, 5.74) is 0.0371. The first-order valence-electron chi connectivity index (χ1n) is 5.64. The zero-order chi connectivity index (χ0) is 14.3. The number of alkyl halides is 2. The van der Waals surface area contributed by atoms with E-state index in [1.807, 2.05) is 0 Å². The normalized spacial score (nSPS) is 12.4. The smallest absolute Gasteiger partial charge is 0.339 e. The Kier molecular flexibility index (Phi) is 6.17. The lowest BCUT2D eigenvalue weighted by Gasteiger charge is -2.12. The lowest BCUT2D eigenvalue weighted by molar-refractivity contribution is -0.00347. The zero-order valence-electron chi connectivity index (χ0n) is 10.1. The van der Waals surface area contributed by atoms with Crippen LogP contribution in [-0.2, 0) is 0 Å². The number of carboxylic acids is 1. The lowest BCUT2D eigenvalue weighted by Crippen LogP contribution is -2.34. The van der Waals surface area contributed by atoms with Crippen LogP contribution in [0.5, 0.6) is 5.75 Å². The molecule has 1 rings (SSSR count). The molecule has 0 radical (unpaired) electrons. The minimum Gasteiger partial charge on any atom is -0.491 e. The third-order valence-corrected chi connectivity index (χ3v) is 2.30. The van der Waals surface area contributed by atoms with Crippen molar-refractivity contribution in [3.63, 3.8) is 0 Å². The van der Waals surface area contributed by atoms with Crippen molar-refractivity contribution in [1.29, 1.82) is 0 Å². The van der Waals surface area contributed by atoms with Gasteiger partial charge in [-0.3, -0.25) is 0 Å². The van der Waals surface area contributed by atoms with Gasteiger partial charge in [0.25, 0.3) is 6.43 Å². The van der Waals surface area contributed by atoms with E-state index in [9.17, 15) is 13.6 Å². The number of halogens is 2. The van der Waals surface area contributed by atoms with E-state index in [2.05, 4.69) is 5.32 Å². The average Bonchev–Trinajstić information content (AvgIpc) is 2.38. The van der Waals surface area contributed by atoms with E-state index in [-0.39, 0.29) is 31.0 Å². The van der Waals surface area contributed by atoms with E-state index in [1.54, 1.807) is 12.1 Å². The molecule has 0 aromatic heterocycles. The number of aromatic carboxylic acids is 1. The molecule has 0 amide bonds. The van der Waals surface area contributed by atoms with Gasteiger partial charge in [-0.15, -0.1) is 0 Å². The molecule has 1 atom stereocenters. The second-order valence-corrected chi connectivity index (χ2v) is 3.76. The van der Waals surface area contributed by atoms with Gasteiger partial charge in [0.05, 0.1) is 0 Å². The van der Waals surface area contributed by atoms with Gasteiger partial charge in [-0.1, -0.05) is 12.1 Å². The number of hydrogen-bond donors (Lipinski definition) is 3. The molecule has 0 aliphatic rings. The van der Waals surface area contributed by atoms with Crippen molar-refractivity contribution in [3.8, 4) is 5.75 Å². The fourth-order valence-electron chi connectivity index (χ4n) is 1.34. The largest absolute Gasteiger partial charge is 0.491 e. The van der Waals surface area contributed by atoms with Crippen LogP contribution in [0.4, 0.5) is 8.78 Å². The maximum atomic E-state index is 12.0. The third-order valence-electron chi connectivity index (χ3n) is 2.30. The SMILES string of the molecule is O=C(O)c1ccccc1OCCNCC(O)C(F)F. The molecule has 0 heterocycles. The first-order chi connectivity index (χ1) is 9.02. The van der Waals surface area contributed by atoms with Crippen molar-refractivity contribution in [3.05, 3.63) is 29.8 Å². The molecule has 0 spiro atoms. The van der Waals surface area contributed by atoms with Gasteiger partial charge in [0, 0.05) is 13.1 Å². The van der Waals surface area contributed by atoms with E-state index in [0.717, 1.165) is 0 Å². The molecule has 3 N–H and O–H groups in total. The van der Waals surface area contributed by atoms with Crippen molar-refractivity contribution in [2.75, 3.05) is 19.7 Å². The molecule has 1 unspecified atom stereocenters. The van der Waals surface area contributed by atoms with Crippen LogP contribution in [0.25, 0.3) is 0 Å². The molecule has 5 nitrogen and oxygen atoms in total. The molecular weight excluding hydrogens is 260 g/mol. The molecule has 1 aromatic carbocycles. The highest BCUT2D eigenvalue weighted by Gasteiger charge is 2.15. The molecule has 0 aliphatic heterocycles. The van der Waals surface area contributed by atoms with E-state index in [0.29, 0.717) is 0 Å². The Bertz CT molecular complexity index is 414. The number of para-hydroxylation sites is 1. The maximum Gasteiger partial charge on any atom is 0.339 e. The molecule has 0 aliphatic carbocycles. The predicted octanol–water partition coefficient (Wildman–Crippen LogP) is 0.979. The number of carbonyl (C=O) groups is 1. The van der Waals surface area contributed by atoms with Crippen LogP contribution in [0.3, 0.4) is 0 Å². The summed E-state index contributed by atoms with van der Waals surface area (Å²) in [6.07, 6.45) is -4.51. The van der Waals surface area contributed by atoms with Crippen LogP contribution in [-0.4, -0.2) is 48.4 Å². The molecule has 0 bridgehead atoms. The lowest BCUT2D eigenvalue weighted by atomic mass is 10.2. The van der Waals surface area contributed by atoms with Crippen LogP contribution in [0.1, 0.15) is 10.4 Å². The quantitative estimate of drug-likeness (QED) is 0.616. The molecule has 0 fully saturated rings. The number of aliphatic hydroxyl groups excluding tert-OH is 1. The molecule has 19 heavy (non-hydrogen) atoms. The summed E-state index contributed by atoms with van der Waals surface area (Å²) >= 11 is 0. The highest BCUT2D eigenvalue weighted by molar-refractivity contribution is 5.90. The number of nitrogens with one attached hydrogen (secondary N) is 1. The summed E-state index contributed by atoms with van der Waals surface area (Å²) in [6, 6.07) is 6.13. The van der Waals surface area contributed by atoms with Gasteiger partial charge in [-0.25, -0.2) is 13.6 Å².